The monoisotopic (exact) mass is 183 g/mol. The number of hydrogen-bond donors (Lipinski definition) is 1. The summed E-state index contributed by atoms with van der Waals surface area (Å²) in [6, 6.07) is 0. The second-order valence-corrected chi connectivity index (χ2v) is 4.68. The van der Waals surface area contributed by atoms with Crippen molar-refractivity contribution in [3.05, 3.63) is 15.6 Å². The number of aliphatic hydroxyl groups excluding tert-OH is 1. The van der Waals surface area contributed by atoms with E-state index in [2.05, 4.69) is 11.9 Å². The minimum atomic E-state index is -0.130. The summed E-state index contributed by atoms with van der Waals surface area (Å²) in [5.41, 5.74) is 1.12. The van der Waals surface area contributed by atoms with Crippen LogP contribution in [0.5, 0.6) is 0 Å². The lowest BCUT2D eigenvalue weighted by Crippen LogP contribution is -2.28. The second-order valence-electron chi connectivity index (χ2n) is 3.44. The molecule has 2 nitrogen and oxygen atoms in total. The van der Waals surface area contributed by atoms with Crippen molar-refractivity contribution in [3.8, 4) is 0 Å². The van der Waals surface area contributed by atoms with Gasteiger partial charge in [0.05, 0.1) is 16.8 Å². The molecule has 0 aliphatic heterocycles. The fourth-order valence-electron chi connectivity index (χ4n) is 1.43. The number of nitrogens with zero attached hydrogens (tertiary/aromatic N) is 1. The highest BCUT2D eigenvalue weighted by Crippen LogP contribution is 2.39. The molecule has 66 valence electrons. The SMILES string of the molecule is Cc1nc(C2CCC2O)sc1C. The largest absolute Gasteiger partial charge is 0.392 e. The topological polar surface area (TPSA) is 33.1 Å². The van der Waals surface area contributed by atoms with Gasteiger partial charge in [-0.3, -0.25) is 0 Å². The van der Waals surface area contributed by atoms with E-state index in [4.69, 9.17) is 0 Å². The maximum Gasteiger partial charge on any atom is 0.0987 e. The first kappa shape index (κ1) is 8.20. The van der Waals surface area contributed by atoms with E-state index in [1.165, 1.54) is 4.88 Å². The highest BCUT2D eigenvalue weighted by molar-refractivity contribution is 7.11. The molecule has 1 aliphatic rings. The molecule has 1 heterocycles. The summed E-state index contributed by atoms with van der Waals surface area (Å²) in [5.74, 6) is 0.336. The summed E-state index contributed by atoms with van der Waals surface area (Å²) >= 11 is 1.73. The third kappa shape index (κ3) is 1.17. The van der Waals surface area contributed by atoms with Crippen LogP contribution in [-0.2, 0) is 0 Å². The Morgan fingerprint density at radius 1 is 1.42 bits per heavy atom. The minimum Gasteiger partial charge on any atom is -0.392 e. The molecule has 12 heavy (non-hydrogen) atoms. The van der Waals surface area contributed by atoms with Crippen molar-refractivity contribution >= 4 is 11.3 Å². The van der Waals surface area contributed by atoms with Crippen LogP contribution < -0.4 is 0 Å². The molecule has 2 unspecified atom stereocenters. The Bertz CT molecular complexity index is 275. The molecular weight excluding hydrogens is 170 g/mol. The van der Waals surface area contributed by atoms with Gasteiger partial charge in [0.2, 0.25) is 0 Å². The number of aromatic nitrogens is 1. The van der Waals surface area contributed by atoms with Gasteiger partial charge in [-0.15, -0.1) is 11.3 Å². The quantitative estimate of drug-likeness (QED) is 0.722. The molecule has 1 fully saturated rings. The molecular formula is C9H13NOS. The van der Waals surface area contributed by atoms with Gasteiger partial charge in [-0.05, 0) is 26.7 Å². The molecule has 1 aliphatic carbocycles. The maximum absolute atomic E-state index is 9.43. The molecule has 2 rings (SSSR count). The molecule has 0 saturated heterocycles. The maximum atomic E-state index is 9.43. The Kier molecular flexibility index (Phi) is 1.93. The molecule has 0 spiro atoms. The van der Waals surface area contributed by atoms with Crippen LogP contribution in [0.4, 0.5) is 0 Å². The van der Waals surface area contributed by atoms with Gasteiger partial charge in [-0.2, -0.15) is 0 Å². The number of hydrogen-bond acceptors (Lipinski definition) is 3. The first-order chi connectivity index (χ1) is 5.68. The normalized spacial score (nSPS) is 28.6. The molecule has 1 aromatic rings. The van der Waals surface area contributed by atoms with Crippen molar-refractivity contribution in [1.29, 1.82) is 0 Å². The van der Waals surface area contributed by atoms with Gasteiger partial charge in [0.25, 0.3) is 0 Å². The van der Waals surface area contributed by atoms with Crippen LogP contribution in [0.15, 0.2) is 0 Å². The molecule has 0 bridgehead atoms. The summed E-state index contributed by atoms with van der Waals surface area (Å²) in [7, 11) is 0. The fourth-order valence-corrected chi connectivity index (χ4v) is 2.54. The van der Waals surface area contributed by atoms with Gasteiger partial charge < -0.3 is 5.11 Å². The lowest BCUT2D eigenvalue weighted by atomic mass is 9.82. The van der Waals surface area contributed by atoms with Crippen LogP contribution in [0.25, 0.3) is 0 Å². The highest BCUT2D eigenvalue weighted by Gasteiger charge is 2.32. The van der Waals surface area contributed by atoms with Gasteiger partial charge in [0.15, 0.2) is 0 Å². The fraction of sp³-hybridized carbons (Fsp3) is 0.667. The molecule has 2 atom stereocenters. The van der Waals surface area contributed by atoms with Crippen molar-refractivity contribution < 1.29 is 5.11 Å². The molecule has 1 N–H and O–H groups in total. The Balaban J connectivity index is 2.23. The van der Waals surface area contributed by atoms with E-state index in [0.29, 0.717) is 5.92 Å². The number of aryl methyl sites for hydroxylation is 2. The third-order valence-electron chi connectivity index (χ3n) is 2.60. The zero-order valence-electron chi connectivity index (χ0n) is 7.37. The van der Waals surface area contributed by atoms with E-state index in [9.17, 15) is 5.11 Å². The minimum absolute atomic E-state index is 0.130. The van der Waals surface area contributed by atoms with E-state index >= 15 is 0 Å². The zero-order chi connectivity index (χ0) is 8.72. The third-order valence-corrected chi connectivity index (χ3v) is 3.80. The van der Waals surface area contributed by atoms with Gasteiger partial charge in [-0.25, -0.2) is 4.98 Å². The molecule has 3 heteroatoms. The summed E-state index contributed by atoms with van der Waals surface area (Å²) in [6.45, 7) is 4.11. The summed E-state index contributed by atoms with van der Waals surface area (Å²) in [6.07, 6.45) is 1.92. The Morgan fingerprint density at radius 3 is 2.50 bits per heavy atom. The van der Waals surface area contributed by atoms with E-state index < -0.39 is 0 Å². The second kappa shape index (κ2) is 2.82. The molecule has 0 aromatic carbocycles. The lowest BCUT2D eigenvalue weighted by Gasteiger charge is -2.30. The summed E-state index contributed by atoms with van der Waals surface area (Å²) in [5, 5.41) is 10.6. The van der Waals surface area contributed by atoms with Crippen LogP contribution in [0, 0.1) is 13.8 Å². The van der Waals surface area contributed by atoms with Crippen LogP contribution in [-0.4, -0.2) is 16.2 Å². The Morgan fingerprint density at radius 2 is 2.17 bits per heavy atom. The van der Waals surface area contributed by atoms with Crippen LogP contribution in [0.1, 0.15) is 34.3 Å². The molecule has 1 saturated carbocycles. The standard InChI is InChI=1S/C9H13NOS/c1-5-6(2)12-9(10-5)7-3-4-8(7)11/h7-8,11H,3-4H2,1-2H3. The van der Waals surface area contributed by atoms with Gasteiger partial charge in [0, 0.05) is 10.8 Å². The first-order valence-electron chi connectivity index (χ1n) is 4.30. The van der Waals surface area contributed by atoms with Crippen LogP contribution >= 0.6 is 11.3 Å². The summed E-state index contributed by atoms with van der Waals surface area (Å²) in [4.78, 5) is 5.72. The van der Waals surface area contributed by atoms with Crippen molar-refractivity contribution in [3.63, 3.8) is 0 Å². The smallest absolute Gasteiger partial charge is 0.0987 e. The Labute approximate surface area is 76.3 Å². The van der Waals surface area contributed by atoms with E-state index in [0.717, 1.165) is 23.5 Å². The van der Waals surface area contributed by atoms with Crippen molar-refractivity contribution in [2.75, 3.05) is 0 Å². The number of aliphatic hydroxyl groups is 1. The first-order valence-corrected chi connectivity index (χ1v) is 5.12. The van der Waals surface area contributed by atoms with Crippen LogP contribution in [0.2, 0.25) is 0 Å². The molecule has 0 radical (unpaired) electrons. The average molecular weight is 183 g/mol. The predicted molar refractivity (Wildman–Crippen MR) is 49.6 cm³/mol. The predicted octanol–water partition coefficient (Wildman–Crippen LogP) is 2.00. The van der Waals surface area contributed by atoms with Crippen molar-refractivity contribution in [2.45, 2.75) is 38.7 Å². The van der Waals surface area contributed by atoms with Gasteiger partial charge >= 0.3 is 0 Å². The highest BCUT2D eigenvalue weighted by atomic mass is 32.1. The van der Waals surface area contributed by atoms with E-state index in [1.54, 1.807) is 11.3 Å². The Hall–Kier alpha value is -0.410. The number of rotatable bonds is 1. The zero-order valence-corrected chi connectivity index (χ0v) is 8.19. The van der Waals surface area contributed by atoms with Crippen molar-refractivity contribution in [1.82, 2.24) is 4.98 Å². The average Bonchev–Trinajstić information content (AvgIpc) is 2.29. The number of thiazole rings is 1. The molecule has 0 amide bonds. The van der Waals surface area contributed by atoms with E-state index in [-0.39, 0.29) is 6.10 Å². The van der Waals surface area contributed by atoms with Gasteiger partial charge in [0.1, 0.15) is 0 Å². The van der Waals surface area contributed by atoms with Gasteiger partial charge in [-0.1, -0.05) is 0 Å². The molecule has 1 aromatic heterocycles. The van der Waals surface area contributed by atoms with Crippen molar-refractivity contribution in [2.24, 2.45) is 0 Å². The van der Waals surface area contributed by atoms with Crippen LogP contribution in [0.3, 0.4) is 0 Å². The lowest BCUT2D eigenvalue weighted by molar-refractivity contribution is 0.0660. The summed E-state index contributed by atoms with van der Waals surface area (Å²) < 4.78 is 0. The van der Waals surface area contributed by atoms with E-state index in [1.807, 2.05) is 6.92 Å².